The minimum Gasteiger partial charge on any atom is -0.507 e. The maximum atomic E-state index is 12.3. The van der Waals surface area contributed by atoms with Crippen LogP contribution in [0.15, 0.2) is 65.8 Å². The van der Waals surface area contributed by atoms with Crippen LogP contribution in [0.2, 0.25) is 5.02 Å². The molecular formula is C22H16ClN3O7. The van der Waals surface area contributed by atoms with Crippen LogP contribution < -0.4 is 14.9 Å². The first-order valence-corrected chi connectivity index (χ1v) is 9.63. The average Bonchev–Trinajstić information content (AvgIpc) is 2.81. The predicted molar refractivity (Wildman–Crippen MR) is 119 cm³/mol. The summed E-state index contributed by atoms with van der Waals surface area (Å²) in [6.45, 7) is 0. The van der Waals surface area contributed by atoms with Gasteiger partial charge in [-0.25, -0.2) is 10.2 Å². The van der Waals surface area contributed by atoms with Crippen LogP contribution in [0, 0.1) is 10.1 Å². The first-order valence-electron chi connectivity index (χ1n) is 9.25. The zero-order valence-corrected chi connectivity index (χ0v) is 17.8. The van der Waals surface area contributed by atoms with Crippen molar-refractivity contribution >= 4 is 35.4 Å². The number of rotatable bonds is 7. The molecule has 0 atom stereocenters. The number of non-ortho nitro benzene ring substituents is 1. The van der Waals surface area contributed by atoms with E-state index < -0.39 is 16.8 Å². The van der Waals surface area contributed by atoms with Crippen LogP contribution in [0.3, 0.4) is 0 Å². The van der Waals surface area contributed by atoms with Gasteiger partial charge in [0.25, 0.3) is 11.6 Å². The largest absolute Gasteiger partial charge is 0.507 e. The molecule has 0 aliphatic heterocycles. The molecule has 0 radical (unpaired) electrons. The smallest absolute Gasteiger partial charge is 0.343 e. The minimum atomic E-state index is -0.724. The summed E-state index contributed by atoms with van der Waals surface area (Å²) in [5.74, 6) is -1.29. The fourth-order valence-corrected chi connectivity index (χ4v) is 2.81. The van der Waals surface area contributed by atoms with Crippen molar-refractivity contribution in [1.82, 2.24) is 5.43 Å². The Hall–Kier alpha value is -4.44. The van der Waals surface area contributed by atoms with Crippen molar-refractivity contribution in [2.75, 3.05) is 7.11 Å². The number of hydrogen-bond acceptors (Lipinski definition) is 8. The Morgan fingerprint density at radius 3 is 2.48 bits per heavy atom. The molecule has 0 fully saturated rings. The van der Waals surface area contributed by atoms with Crippen molar-refractivity contribution in [1.29, 1.82) is 0 Å². The number of benzene rings is 3. The second kappa shape index (κ2) is 10.2. The second-order valence-electron chi connectivity index (χ2n) is 6.46. The van der Waals surface area contributed by atoms with Gasteiger partial charge in [-0.05, 0) is 54.1 Å². The summed E-state index contributed by atoms with van der Waals surface area (Å²) in [4.78, 5) is 34.6. The summed E-state index contributed by atoms with van der Waals surface area (Å²) in [5, 5.41) is 24.6. The summed E-state index contributed by atoms with van der Waals surface area (Å²) in [6.07, 6.45) is 1.32. The molecule has 0 aromatic heterocycles. The van der Waals surface area contributed by atoms with E-state index in [2.05, 4.69) is 10.5 Å². The van der Waals surface area contributed by atoms with Gasteiger partial charge in [-0.15, -0.1) is 0 Å². The maximum absolute atomic E-state index is 12.3. The van der Waals surface area contributed by atoms with Gasteiger partial charge in [0, 0.05) is 17.2 Å². The Morgan fingerprint density at radius 2 is 1.82 bits per heavy atom. The fraction of sp³-hybridized carbons (Fsp3) is 0.0455. The number of methoxy groups -OCH3 is 1. The fourth-order valence-electron chi connectivity index (χ4n) is 2.64. The van der Waals surface area contributed by atoms with Crippen LogP contribution in [-0.4, -0.2) is 35.2 Å². The van der Waals surface area contributed by atoms with Crippen LogP contribution >= 0.6 is 11.6 Å². The summed E-state index contributed by atoms with van der Waals surface area (Å²) >= 11 is 5.83. The third kappa shape index (κ3) is 5.83. The van der Waals surface area contributed by atoms with E-state index in [0.717, 1.165) is 0 Å². The molecule has 3 aromatic rings. The second-order valence-corrected chi connectivity index (χ2v) is 6.90. The van der Waals surface area contributed by atoms with Gasteiger partial charge in [0.15, 0.2) is 11.5 Å². The number of phenols is 1. The first kappa shape index (κ1) is 23.2. The van der Waals surface area contributed by atoms with Crippen LogP contribution in [-0.2, 0) is 0 Å². The molecule has 0 aliphatic carbocycles. The molecule has 10 nitrogen and oxygen atoms in total. The Morgan fingerprint density at radius 1 is 1.09 bits per heavy atom. The topological polar surface area (TPSA) is 140 Å². The normalized spacial score (nSPS) is 10.6. The molecule has 0 aliphatic rings. The Bertz CT molecular complexity index is 1240. The lowest BCUT2D eigenvalue weighted by Gasteiger charge is -2.10. The van der Waals surface area contributed by atoms with E-state index in [1.54, 1.807) is 6.07 Å². The minimum absolute atomic E-state index is 0.0364. The highest BCUT2D eigenvalue weighted by molar-refractivity contribution is 6.31. The van der Waals surface area contributed by atoms with E-state index in [0.29, 0.717) is 5.56 Å². The lowest BCUT2D eigenvalue weighted by atomic mass is 10.2. The Labute approximate surface area is 192 Å². The Kier molecular flexibility index (Phi) is 7.21. The molecular weight excluding hydrogens is 454 g/mol. The van der Waals surface area contributed by atoms with E-state index in [-0.39, 0.29) is 39.1 Å². The molecule has 0 spiro atoms. The van der Waals surface area contributed by atoms with Gasteiger partial charge < -0.3 is 14.6 Å². The molecule has 2 N–H and O–H groups in total. The van der Waals surface area contributed by atoms with Crippen LogP contribution in [0.5, 0.6) is 17.2 Å². The number of nitrogens with zero attached hydrogens (tertiary/aromatic N) is 2. The third-order valence-electron chi connectivity index (χ3n) is 4.29. The van der Waals surface area contributed by atoms with Gasteiger partial charge in [0.2, 0.25) is 0 Å². The highest BCUT2D eigenvalue weighted by Gasteiger charge is 2.15. The molecule has 168 valence electrons. The van der Waals surface area contributed by atoms with Gasteiger partial charge in [0.05, 0.1) is 29.4 Å². The summed E-state index contributed by atoms with van der Waals surface area (Å²) in [5.41, 5.74) is 2.72. The molecule has 0 heterocycles. The number of phenolic OH excluding ortho intramolecular Hbond substituents is 1. The summed E-state index contributed by atoms with van der Waals surface area (Å²) < 4.78 is 10.6. The van der Waals surface area contributed by atoms with Crippen molar-refractivity contribution in [3.05, 3.63) is 92.5 Å². The van der Waals surface area contributed by atoms with Gasteiger partial charge in [-0.3, -0.25) is 14.9 Å². The molecule has 3 rings (SSSR count). The van der Waals surface area contributed by atoms with Crippen molar-refractivity contribution < 1.29 is 29.1 Å². The molecule has 0 bridgehead atoms. The molecule has 0 unspecified atom stereocenters. The summed E-state index contributed by atoms with van der Waals surface area (Å²) in [7, 11) is 1.38. The van der Waals surface area contributed by atoms with Gasteiger partial charge >= 0.3 is 5.97 Å². The van der Waals surface area contributed by atoms with Crippen LogP contribution in [0.4, 0.5) is 5.69 Å². The van der Waals surface area contributed by atoms with Crippen molar-refractivity contribution in [3.8, 4) is 17.2 Å². The highest BCUT2D eigenvalue weighted by atomic mass is 35.5. The van der Waals surface area contributed by atoms with Gasteiger partial charge in [0.1, 0.15) is 5.75 Å². The van der Waals surface area contributed by atoms with Gasteiger partial charge in [-0.2, -0.15) is 5.10 Å². The van der Waals surface area contributed by atoms with E-state index in [1.165, 1.54) is 67.9 Å². The number of aromatic hydroxyl groups is 1. The lowest BCUT2D eigenvalue weighted by molar-refractivity contribution is -0.384. The number of nitro groups is 1. The number of carbonyl (C=O) groups is 2. The van der Waals surface area contributed by atoms with Gasteiger partial charge in [-0.1, -0.05) is 11.6 Å². The van der Waals surface area contributed by atoms with Crippen molar-refractivity contribution in [3.63, 3.8) is 0 Å². The SMILES string of the molecule is COc1cc(C=NNC(=O)c2cc(Cl)ccc2O)ccc1OC(=O)c1ccc([N+](=O)[O-])cc1. The molecule has 33 heavy (non-hydrogen) atoms. The average molecular weight is 470 g/mol. The lowest BCUT2D eigenvalue weighted by Crippen LogP contribution is -2.17. The highest BCUT2D eigenvalue weighted by Crippen LogP contribution is 2.28. The molecule has 3 aromatic carbocycles. The number of esters is 1. The third-order valence-corrected chi connectivity index (χ3v) is 4.52. The Balaban J connectivity index is 1.68. The van der Waals surface area contributed by atoms with E-state index >= 15 is 0 Å². The quantitative estimate of drug-likeness (QED) is 0.175. The van der Waals surface area contributed by atoms with E-state index in [4.69, 9.17) is 21.1 Å². The number of hydrazone groups is 1. The molecule has 0 saturated heterocycles. The number of nitro benzene ring substituents is 1. The summed E-state index contributed by atoms with van der Waals surface area (Å²) in [6, 6.07) is 13.6. The number of halogens is 1. The molecule has 1 amide bonds. The van der Waals surface area contributed by atoms with Crippen molar-refractivity contribution in [2.45, 2.75) is 0 Å². The zero-order chi connectivity index (χ0) is 24.0. The van der Waals surface area contributed by atoms with E-state index in [1.807, 2.05) is 0 Å². The number of amides is 1. The zero-order valence-electron chi connectivity index (χ0n) is 17.0. The molecule has 0 saturated carbocycles. The van der Waals surface area contributed by atoms with E-state index in [9.17, 15) is 24.8 Å². The number of hydrogen-bond donors (Lipinski definition) is 2. The van der Waals surface area contributed by atoms with Crippen LogP contribution in [0.25, 0.3) is 0 Å². The monoisotopic (exact) mass is 469 g/mol. The first-order chi connectivity index (χ1) is 15.8. The number of carbonyl (C=O) groups excluding carboxylic acids is 2. The maximum Gasteiger partial charge on any atom is 0.343 e. The standard InChI is InChI=1S/C22H16ClN3O7/c1-32-20-10-13(12-24-25-21(28)17-11-15(23)5-8-18(17)27)2-9-19(20)33-22(29)14-3-6-16(7-4-14)26(30)31/h2-12,27H,1H3,(H,25,28). The number of nitrogens with one attached hydrogen (secondary N) is 1. The predicted octanol–water partition coefficient (Wildman–Crippen LogP) is 3.95. The van der Waals surface area contributed by atoms with Crippen molar-refractivity contribution in [2.24, 2.45) is 5.10 Å². The number of ether oxygens (including phenoxy) is 2. The van der Waals surface area contributed by atoms with Crippen LogP contribution in [0.1, 0.15) is 26.3 Å². The molecule has 11 heteroatoms.